The number of hydrogen-bond acceptors (Lipinski definition) is 2. The van der Waals surface area contributed by atoms with Crippen LogP contribution in [0.15, 0.2) is 48.5 Å². The number of aromatic nitrogens is 1. The fourth-order valence-corrected chi connectivity index (χ4v) is 2.68. The van der Waals surface area contributed by atoms with Crippen molar-refractivity contribution in [3.8, 4) is 11.3 Å². The molecule has 0 atom stereocenters. The first kappa shape index (κ1) is 14.7. The van der Waals surface area contributed by atoms with Gasteiger partial charge in [-0.05, 0) is 48.7 Å². The summed E-state index contributed by atoms with van der Waals surface area (Å²) in [6.45, 7) is 4.12. The van der Waals surface area contributed by atoms with Gasteiger partial charge in [0.25, 0.3) is 5.24 Å². The van der Waals surface area contributed by atoms with Crippen LogP contribution >= 0.6 is 11.6 Å². The number of hydrogen-bond donors (Lipinski definition) is 0. The van der Waals surface area contributed by atoms with Crippen molar-refractivity contribution >= 4 is 27.7 Å². The number of carbonyl (C=O) groups excluding carboxylic acids is 1. The predicted molar refractivity (Wildman–Crippen MR) is 91.5 cm³/mol. The van der Waals surface area contributed by atoms with Crippen LogP contribution in [-0.2, 0) is 6.42 Å². The van der Waals surface area contributed by atoms with Crippen LogP contribution in [-0.4, -0.2) is 10.2 Å². The average Bonchev–Trinajstić information content (AvgIpc) is 2.53. The minimum absolute atomic E-state index is 0.450. The van der Waals surface area contributed by atoms with Crippen molar-refractivity contribution in [1.82, 2.24) is 4.98 Å². The number of rotatable bonds is 3. The molecular weight excluding hydrogens is 294 g/mol. The Labute approximate surface area is 134 Å². The number of halogens is 1. The largest absolute Gasteiger partial charge is 0.276 e. The molecule has 3 heteroatoms. The zero-order valence-electron chi connectivity index (χ0n) is 12.6. The third-order valence-electron chi connectivity index (χ3n) is 3.84. The van der Waals surface area contributed by atoms with E-state index in [1.165, 1.54) is 5.56 Å². The molecule has 1 heterocycles. The van der Waals surface area contributed by atoms with Crippen molar-refractivity contribution in [3.05, 3.63) is 65.2 Å². The van der Waals surface area contributed by atoms with Crippen molar-refractivity contribution in [2.75, 3.05) is 0 Å². The van der Waals surface area contributed by atoms with E-state index in [1.807, 2.05) is 49.4 Å². The van der Waals surface area contributed by atoms with Crippen LogP contribution in [0.25, 0.3) is 22.2 Å². The first-order valence-electron chi connectivity index (χ1n) is 7.29. The number of aryl methyl sites for hydroxylation is 2. The van der Waals surface area contributed by atoms with Crippen LogP contribution < -0.4 is 0 Å². The monoisotopic (exact) mass is 309 g/mol. The van der Waals surface area contributed by atoms with E-state index in [0.29, 0.717) is 5.56 Å². The van der Waals surface area contributed by atoms with Gasteiger partial charge in [0.15, 0.2) is 0 Å². The molecule has 0 N–H and O–H groups in total. The van der Waals surface area contributed by atoms with Crippen molar-refractivity contribution < 1.29 is 4.79 Å². The second-order valence-electron chi connectivity index (χ2n) is 5.40. The van der Waals surface area contributed by atoms with Gasteiger partial charge in [-0.25, -0.2) is 4.98 Å². The van der Waals surface area contributed by atoms with Gasteiger partial charge in [-0.1, -0.05) is 42.8 Å². The summed E-state index contributed by atoms with van der Waals surface area (Å²) in [6, 6.07) is 15.8. The number of benzene rings is 2. The lowest BCUT2D eigenvalue weighted by molar-refractivity contribution is 0.108. The maximum absolute atomic E-state index is 11.8. The molecule has 0 saturated heterocycles. The fraction of sp³-hybridized carbons (Fsp3) is 0.158. The maximum Gasteiger partial charge on any atom is 0.253 e. The van der Waals surface area contributed by atoms with Gasteiger partial charge in [0, 0.05) is 16.5 Å². The highest BCUT2D eigenvalue weighted by molar-refractivity contribution is 6.68. The molecule has 0 radical (unpaired) electrons. The summed E-state index contributed by atoms with van der Waals surface area (Å²) in [6.07, 6.45) is 0.908. The summed E-state index contributed by atoms with van der Waals surface area (Å²) < 4.78 is 0. The molecular formula is C19H16ClNO. The number of carbonyl (C=O) groups is 1. The van der Waals surface area contributed by atoms with Crippen LogP contribution in [0.3, 0.4) is 0 Å². The molecule has 0 aliphatic heterocycles. The van der Waals surface area contributed by atoms with E-state index >= 15 is 0 Å². The Kier molecular flexibility index (Phi) is 3.95. The van der Waals surface area contributed by atoms with E-state index in [0.717, 1.165) is 34.1 Å². The minimum Gasteiger partial charge on any atom is -0.276 e. The molecule has 0 unspecified atom stereocenters. The summed E-state index contributed by atoms with van der Waals surface area (Å²) in [5, 5.41) is 0.365. The van der Waals surface area contributed by atoms with Crippen molar-refractivity contribution in [2.24, 2.45) is 0 Å². The van der Waals surface area contributed by atoms with Crippen LogP contribution in [0, 0.1) is 6.92 Å². The quantitative estimate of drug-likeness (QED) is 0.626. The Morgan fingerprint density at radius 3 is 2.45 bits per heavy atom. The highest BCUT2D eigenvalue weighted by Gasteiger charge is 2.12. The van der Waals surface area contributed by atoms with E-state index < -0.39 is 5.24 Å². The molecule has 0 fully saturated rings. The average molecular weight is 310 g/mol. The van der Waals surface area contributed by atoms with Gasteiger partial charge >= 0.3 is 0 Å². The normalized spacial score (nSPS) is 10.9. The molecule has 0 bridgehead atoms. The molecule has 0 amide bonds. The number of fused-ring (bicyclic) bond motifs is 1. The summed E-state index contributed by atoms with van der Waals surface area (Å²) in [5.41, 5.74) is 5.39. The molecule has 0 aliphatic rings. The molecule has 1 aromatic heterocycles. The second kappa shape index (κ2) is 5.90. The Morgan fingerprint density at radius 2 is 1.82 bits per heavy atom. The van der Waals surface area contributed by atoms with Gasteiger partial charge < -0.3 is 0 Å². The molecule has 0 aliphatic carbocycles. The van der Waals surface area contributed by atoms with Gasteiger partial charge in [0.05, 0.1) is 11.2 Å². The highest BCUT2D eigenvalue weighted by Crippen LogP contribution is 2.27. The Bertz CT molecular complexity index is 853. The topological polar surface area (TPSA) is 30.0 Å². The third kappa shape index (κ3) is 2.75. The van der Waals surface area contributed by atoms with E-state index in [4.69, 9.17) is 11.6 Å². The van der Waals surface area contributed by atoms with Crippen LogP contribution in [0.1, 0.15) is 28.4 Å². The molecule has 22 heavy (non-hydrogen) atoms. The highest BCUT2D eigenvalue weighted by atomic mass is 35.5. The lowest BCUT2D eigenvalue weighted by atomic mass is 10.0. The zero-order chi connectivity index (χ0) is 15.7. The first-order valence-corrected chi connectivity index (χ1v) is 7.67. The third-order valence-corrected chi connectivity index (χ3v) is 4.04. The first-order chi connectivity index (χ1) is 10.6. The molecule has 0 spiro atoms. The van der Waals surface area contributed by atoms with E-state index in [2.05, 4.69) is 11.9 Å². The lowest BCUT2D eigenvalue weighted by Crippen LogP contribution is -1.97. The molecule has 3 rings (SSSR count). The molecule has 2 nitrogen and oxygen atoms in total. The van der Waals surface area contributed by atoms with E-state index in [9.17, 15) is 4.79 Å². The Morgan fingerprint density at radius 1 is 1.09 bits per heavy atom. The Hall–Kier alpha value is -2.19. The van der Waals surface area contributed by atoms with Crippen LogP contribution in [0.2, 0.25) is 0 Å². The molecule has 110 valence electrons. The SMILES string of the molecule is CCc1ccc2nc(-c3ccc(C)cc3)cc(C(=O)Cl)c2c1. The van der Waals surface area contributed by atoms with Crippen LogP contribution in [0.5, 0.6) is 0 Å². The van der Waals surface area contributed by atoms with Gasteiger partial charge in [0.2, 0.25) is 0 Å². The van der Waals surface area contributed by atoms with Crippen molar-refractivity contribution in [2.45, 2.75) is 20.3 Å². The molecule has 2 aromatic carbocycles. The van der Waals surface area contributed by atoms with Crippen molar-refractivity contribution in [3.63, 3.8) is 0 Å². The van der Waals surface area contributed by atoms with Crippen molar-refractivity contribution in [1.29, 1.82) is 0 Å². The van der Waals surface area contributed by atoms with E-state index in [-0.39, 0.29) is 0 Å². The maximum atomic E-state index is 11.8. The number of pyridine rings is 1. The molecule has 0 saturated carbocycles. The molecule has 3 aromatic rings. The van der Waals surface area contributed by atoms with Gasteiger partial charge in [-0.3, -0.25) is 4.79 Å². The standard InChI is InChI=1S/C19H16ClNO/c1-3-13-6-9-17-15(10-13)16(19(20)22)11-18(21-17)14-7-4-12(2)5-8-14/h4-11H,3H2,1-2H3. The number of nitrogens with zero attached hydrogens (tertiary/aromatic N) is 1. The summed E-state index contributed by atoms with van der Waals surface area (Å²) in [7, 11) is 0. The van der Waals surface area contributed by atoms with Gasteiger partial charge in [0.1, 0.15) is 0 Å². The minimum atomic E-state index is -0.450. The second-order valence-corrected chi connectivity index (χ2v) is 5.74. The fourth-order valence-electron chi connectivity index (χ4n) is 2.53. The summed E-state index contributed by atoms with van der Waals surface area (Å²) >= 11 is 5.80. The summed E-state index contributed by atoms with van der Waals surface area (Å²) in [4.78, 5) is 16.5. The zero-order valence-corrected chi connectivity index (χ0v) is 13.3. The summed E-state index contributed by atoms with van der Waals surface area (Å²) in [5.74, 6) is 0. The Balaban J connectivity index is 2.25. The van der Waals surface area contributed by atoms with Crippen LogP contribution in [0.4, 0.5) is 0 Å². The van der Waals surface area contributed by atoms with Gasteiger partial charge in [-0.2, -0.15) is 0 Å². The lowest BCUT2D eigenvalue weighted by Gasteiger charge is -2.09. The smallest absolute Gasteiger partial charge is 0.253 e. The van der Waals surface area contributed by atoms with E-state index in [1.54, 1.807) is 6.07 Å². The predicted octanol–water partition coefficient (Wildman–Crippen LogP) is 5.15. The van der Waals surface area contributed by atoms with Gasteiger partial charge in [-0.15, -0.1) is 0 Å².